The second-order valence-corrected chi connectivity index (χ2v) is 6.43. The van der Waals surface area contributed by atoms with Gasteiger partial charge >= 0.3 is 6.03 Å². The second-order valence-electron chi connectivity index (χ2n) is 6.43. The normalized spacial score (nSPS) is 11.9. The molecular weight excluding hydrogens is 354 g/mol. The summed E-state index contributed by atoms with van der Waals surface area (Å²) in [6, 6.07) is 11.1. The lowest BCUT2D eigenvalue weighted by Gasteiger charge is -2.14. The molecule has 140 valence electrons. The van der Waals surface area contributed by atoms with Gasteiger partial charge in [0, 0.05) is 5.39 Å². The fourth-order valence-electron chi connectivity index (χ4n) is 2.85. The highest BCUT2D eigenvalue weighted by Gasteiger charge is 2.12. The van der Waals surface area contributed by atoms with E-state index in [4.69, 9.17) is 0 Å². The van der Waals surface area contributed by atoms with E-state index in [1.165, 1.54) is 0 Å². The molecule has 3 heterocycles. The maximum atomic E-state index is 12.3. The van der Waals surface area contributed by atoms with E-state index in [9.17, 15) is 4.79 Å². The summed E-state index contributed by atoms with van der Waals surface area (Å²) < 4.78 is 1.66. The summed E-state index contributed by atoms with van der Waals surface area (Å²) in [7, 11) is 0. The van der Waals surface area contributed by atoms with Crippen LogP contribution >= 0.6 is 0 Å². The number of rotatable bonds is 4. The topological polar surface area (TPSA) is 97.6 Å². The van der Waals surface area contributed by atoms with Crippen LogP contribution < -0.4 is 10.6 Å². The van der Waals surface area contributed by atoms with Crippen molar-refractivity contribution < 1.29 is 4.79 Å². The van der Waals surface area contributed by atoms with Crippen LogP contribution in [0.25, 0.3) is 16.7 Å². The number of hydrogen-bond acceptors (Lipinski definition) is 5. The van der Waals surface area contributed by atoms with Crippen molar-refractivity contribution >= 4 is 22.8 Å². The average molecular weight is 373 g/mol. The van der Waals surface area contributed by atoms with Crippen molar-refractivity contribution in [3.63, 3.8) is 0 Å². The van der Waals surface area contributed by atoms with Gasteiger partial charge < -0.3 is 5.32 Å². The molecule has 0 radical (unpaired) electrons. The highest BCUT2D eigenvalue weighted by atomic mass is 16.2. The minimum absolute atomic E-state index is 0.118. The number of urea groups is 1. The molecule has 0 aliphatic carbocycles. The third-order valence-electron chi connectivity index (χ3n) is 4.33. The van der Waals surface area contributed by atoms with Crippen molar-refractivity contribution in [1.82, 2.24) is 30.0 Å². The molecule has 0 bridgehead atoms. The summed E-state index contributed by atoms with van der Waals surface area (Å²) >= 11 is 0. The zero-order valence-corrected chi connectivity index (χ0v) is 15.5. The van der Waals surface area contributed by atoms with Gasteiger partial charge in [0.05, 0.1) is 42.0 Å². The predicted octanol–water partition coefficient (Wildman–Crippen LogP) is 3.40. The third-order valence-corrected chi connectivity index (χ3v) is 4.33. The Kier molecular flexibility index (Phi) is 4.67. The van der Waals surface area contributed by atoms with Crippen LogP contribution in [0.15, 0.2) is 61.2 Å². The van der Waals surface area contributed by atoms with Gasteiger partial charge in [0.25, 0.3) is 0 Å². The lowest BCUT2D eigenvalue weighted by Crippen LogP contribution is -2.31. The first-order chi connectivity index (χ1) is 13.6. The Morgan fingerprint density at radius 3 is 2.61 bits per heavy atom. The molecule has 2 N–H and O–H groups in total. The number of aryl methyl sites for hydroxylation is 1. The highest BCUT2D eigenvalue weighted by Crippen LogP contribution is 2.19. The van der Waals surface area contributed by atoms with E-state index < -0.39 is 0 Å². The van der Waals surface area contributed by atoms with E-state index in [1.807, 2.05) is 44.2 Å². The van der Waals surface area contributed by atoms with Crippen molar-refractivity contribution in [1.29, 1.82) is 0 Å². The lowest BCUT2D eigenvalue weighted by molar-refractivity contribution is 0.249. The van der Waals surface area contributed by atoms with E-state index in [0.29, 0.717) is 11.6 Å². The number of carbonyl (C=O) groups excluding carboxylic acids is 1. The average Bonchev–Trinajstić information content (AvgIpc) is 3.12. The first kappa shape index (κ1) is 17.6. The lowest BCUT2D eigenvalue weighted by atomic mass is 10.1. The van der Waals surface area contributed by atoms with Gasteiger partial charge in [-0.3, -0.25) is 10.3 Å². The zero-order valence-electron chi connectivity index (χ0n) is 15.5. The van der Waals surface area contributed by atoms with Crippen molar-refractivity contribution in [2.45, 2.75) is 19.9 Å². The first-order valence-corrected chi connectivity index (χ1v) is 8.85. The maximum Gasteiger partial charge on any atom is 0.320 e. The van der Waals surface area contributed by atoms with Gasteiger partial charge in [-0.15, -0.1) is 0 Å². The molecule has 0 saturated heterocycles. The molecule has 8 nitrogen and oxygen atoms in total. The monoisotopic (exact) mass is 373 g/mol. The van der Waals surface area contributed by atoms with Gasteiger partial charge in [-0.2, -0.15) is 5.10 Å². The molecule has 0 aliphatic rings. The second kappa shape index (κ2) is 7.43. The zero-order chi connectivity index (χ0) is 19.5. The fourth-order valence-corrected chi connectivity index (χ4v) is 2.85. The number of carbonyl (C=O) groups is 1. The van der Waals surface area contributed by atoms with Gasteiger partial charge in [-0.1, -0.05) is 30.3 Å². The molecule has 8 heteroatoms. The van der Waals surface area contributed by atoms with Gasteiger partial charge in [-0.05, 0) is 25.5 Å². The van der Waals surface area contributed by atoms with E-state index in [2.05, 4.69) is 30.7 Å². The van der Waals surface area contributed by atoms with Crippen LogP contribution in [0.1, 0.15) is 24.2 Å². The van der Waals surface area contributed by atoms with E-state index in [-0.39, 0.29) is 12.1 Å². The molecule has 2 amide bonds. The van der Waals surface area contributed by atoms with Gasteiger partial charge in [0.15, 0.2) is 5.82 Å². The number of fused-ring (bicyclic) bond motifs is 1. The molecule has 28 heavy (non-hydrogen) atoms. The van der Waals surface area contributed by atoms with E-state index in [1.54, 1.807) is 35.5 Å². The molecule has 0 saturated carbocycles. The van der Waals surface area contributed by atoms with Crippen LogP contribution in [0.5, 0.6) is 0 Å². The maximum absolute atomic E-state index is 12.3. The minimum atomic E-state index is -0.319. The van der Waals surface area contributed by atoms with Crippen LogP contribution in [0, 0.1) is 6.92 Å². The molecule has 0 fully saturated rings. The Labute approximate surface area is 161 Å². The standard InChI is InChI=1S/C20H19N7O/c1-13-9-23-19(12-21-13)27-17-11-22-18(8-16(17)10-24-27)26-20(28)25-14(2)15-6-4-3-5-7-15/h3-12,14H,1-2H3,(H2,22,25,26,28). The summed E-state index contributed by atoms with van der Waals surface area (Å²) in [6.07, 6.45) is 6.70. The molecule has 0 spiro atoms. The Bertz CT molecular complexity index is 1110. The number of nitrogens with zero attached hydrogens (tertiary/aromatic N) is 5. The van der Waals surface area contributed by atoms with Crippen LogP contribution in [-0.2, 0) is 0 Å². The molecular formula is C20H19N7O. The number of pyridine rings is 1. The Balaban J connectivity index is 1.49. The number of benzene rings is 1. The number of amides is 2. The number of aromatic nitrogens is 5. The van der Waals surface area contributed by atoms with Gasteiger partial charge in [0.2, 0.25) is 0 Å². The molecule has 4 rings (SSSR count). The number of hydrogen-bond donors (Lipinski definition) is 2. The SMILES string of the molecule is Cc1cnc(-n2ncc3cc(NC(=O)NC(C)c4ccccc4)ncc32)cn1. The highest BCUT2D eigenvalue weighted by molar-refractivity contribution is 5.91. The molecule has 1 atom stereocenters. The van der Waals surface area contributed by atoms with E-state index >= 15 is 0 Å². The number of nitrogens with one attached hydrogen (secondary N) is 2. The predicted molar refractivity (Wildman–Crippen MR) is 106 cm³/mol. The Morgan fingerprint density at radius 2 is 1.86 bits per heavy atom. The summed E-state index contributed by atoms with van der Waals surface area (Å²) in [6.45, 7) is 3.80. The van der Waals surface area contributed by atoms with Crippen LogP contribution in [-0.4, -0.2) is 30.8 Å². The first-order valence-electron chi connectivity index (χ1n) is 8.85. The minimum Gasteiger partial charge on any atom is -0.331 e. The van der Waals surface area contributed by atoms with Crippen LogP contribution in [0.3, 0.4) is 0 Å². The molecule has 4 aromatic rings. The molecule has 3 aromatic heterocycles. The molecule has 1 unspecified atom stereocenters. The summed E-state index contributed by atoms with van der Waals surface area (Å²) in [4.78, 5) is 25.2. The summed E-state index contributed by atoms with van der Waals surface area (Å²) in [5, 5.41) is 10.9. The summed E-state index contributed by atoms with van der Waals surface area (Å²) in [5.74, 6) is 1.05. The van der Waals surface area contributed by atoms with Crippen LogP contribution in [0.4, 0.5) is 10.6 Å². The van der Waals surface area contributed by atoms with Crippen molar-refractivity contribution in [2.24, 2.45) is 0 Å². The largest absolute Gasteiger partial charge is 0.331 e. The fraction of sp³-hybridized carbons (Fsp3) is 0.150. The molecule has 0 aliphatic heterocycles. The van der Waals surface area contributed by atoms with Gasteiger partial charge in [0.1, 0.15) is 5.82 Å². The van der Waals surface area contributed by atoms with Crippen LogP contribution in [0.2, 0.25) is 0 Å². The number of anilines is 1. The van der Waals surface area contributed by atoms with Crippen molar-refractivity contribution in [2.75, 3.05) is 5.32 Å². The Morgan fingerprint density at radius 1 is 1.04 bits per heavy atom. The van der Waals surface area contributed by atoms with E-state index in [0.717, 1.165) is 22.2 Å². The van der Waals surface area contributed by atoms with Crippen molar-refractivity contribution in [3.8, 4) is 5.82 Å². The molecule has 1 aromatic carbocycles. The quantitative estimate of drug-likeness (QED) is 0.571. The third kappa shape index (κ3) is 3.66. The summed E-state index contributed by atoms with van der Waals surface area (Å²) in [5.41, 5.74) is 2.64. The Hall–Kier alpha value is -3.81. The smallest absolute Gasteiger partial charge is 0.320 e. The van der Waals surface area contributed by atoms with Crippen molar-refractivity contribution in [3.05, 3.63) is 72.4 Å². The van der Waals surface area contributed by atoms with Gasteiger partial charge in [-0.25, -0.2) is 19.4 Å².